The summed E-state index contributed by atoms with van der Waals surface area (Å²) < 4.78 is 0. The Balaban J connectivity index is 1.51. The fourth-order valence-electron chi connectivity index (χ4n) is 4.46. The van der Waals surface area contributed by atoms with Crippen LogP contribution in [0.25, 0.3) is 0 Å². The van der Waals surface area contributed by atoms with E-state index in [-0.39, 0.29) is 5.91 Å². The molecule has 0 aliphatic carbocycles. The monoisotopic (exact) mass is 337 g/mol. The summed E-state index contributed by atoms with van der Waals surface area (Å²) in [6.07, 6.45) is 6.09. The van der Waals surface area contributed by atoms with Crippen molar-refractivity contribution in [3.8, 4) is 0 Å². The zero-order valence-electron chi connectivity index (χ0n) is 15.5. The molecule has 0 aromatic rings. The van der Waals surface area contributed by atoms with Gasteiger partial charge in [-0.25, -0.2) is 0 Å². The van der Waals surface area contributed by atoms with E-state index in [0.29, 0.717) is 6.04 Å². The highest BCUT2D eigenvalue weighted by Gasteiger charge is 2.40. The Bertz CT molecular complexity index is 419. The third-order valence-electron chi connectivity index (χ3n) is 6.25. The molecular weight excluding hydrogens is 302 g/mol. The lowest BCUT2D eigenvalue weighted by molar-refractivity contribution is -0.146. The summed E-state index contributed by atoms with van der Waals surface area (Å²) in [5, 5.41) is 0. The fraction of sp³-hybridized carbons (Fsp3) is 0.944. The second kappa shape index (κ2) is 7.68. The van der Waals surface area contributed by atoms with E-state index in [1.807, 2.05) is 11.8 Å². The molecule has 0 aromatic heterocycles. The lowest BCUT2D eigenvalue weighted by Gasteiger charge is -2.46. The Morgan fingerprint density at radius 1 is 0.917 bits per heavy atom. The van der Waals surface area contributed by atoms with E-state index in [1.165, 1.54) is 32.4 Å². The maximum Gasteiger partial charge on any atom is 0.257 e. The van der Waals surface area contributed by atoms with Gasteiger partial charge in [0.25, 0.3) is 5.91 Å². The van der Waals surface area contributed by atoms with E-state index in [2.05, 4.69) is 21.7 Å². The molecule has 3 aliphatic heterocycles. The highest BCUT2D eigenvalue weighted by atomic mass is 16.2. The molecule has 3 fully saturated rings. The molecule has 0 bridgehead atoms. The molecule has 0 unspecified atom stereocenters. The molecule has 6 nitrogen and oxygen atoms in total. The number of carbonyl (C=O) groups is 1. The van der Waals surface area contributed by atoms with Crippen molar-refractivity contribution in [2.75, 3.05) is 59.4 Å². The van der Waals surface area contributed by atoms with Gasteiger partial charge < -0.3 is 15.5 Å². The van der Waals surface area contributed by atoms with Gasteiger partial charge in [0.1, 0.15) is 5.66 Å². The van der Waals surface area contributed by atoms with Crippen molar-refractivity contribution in [2.24, 2.45) is 5.73 Å². The number of piperidine rings is 2. The highest BCUT2D eigenvalue weighted by molar-refractivity contribution is 5.85. The first-order valence-electron chi connectivity index (χ1n) is 9.74. The summed E-state index contributed by atoms with van der Waals surface area (Å²) >= 11 is 0. The second-order valence-electron chi connectivity index (χ2n) is 8.06. The molecule has 24 heavy (non-hydrogen) atoms. The third kappa shape index (κ3) is 3.93. The minimum absolute atomic E-state index is 0.118. The topological polar surface area (TPSA) is 56.1 Å². The van der Waals surface area contributed by atoms with Crippen LogP contribution in [0.4, 0.5) is 0 Å². The van der Waals surface area contributed by atoms with Crippen LogP contribution in [-0.2, 0) is 4.79 Å². The summed E-state index contributed by atoms with van der Waals surface area (Å²) in [4.78, 5) is 22.2. The molecule has 3 heterocycles. The van der Waals surface area contributed by atoms with E-state index >= 15 is 0 Å². The molecule has 1 amide bonds. The van der Waals surface area contributed by atoms with E-state index in [0.717, 1.165) is 52.1 Å². The lowest BCUT2D eigenvalue weighted by Crippen LogP contribution is -2.67. The molecule has 6 heteroatoms. The summed E-state index contributed by atoms with van der Waals surface area (Å²) in [5.74, 6) is 0.118. The molecule has 3 aliphatic rings. The van der Waals surface area contributed by atoms with Gasteiger partial charge in [-0.1, -0.05) is 6.42 Å². The van der Waals surface area contributed by atoms with Crippen LogP contribution in [-0.4, -0.2) is 96.6 Å². The van der Waals surface area contributed by atoms with Gasteiger partial charge in [-0.05, 0) is 52.7 Å². The smallest absolute Gasteiger partial charge is 0.257 e. The number of piperazine rings is 1. The van der Waals surface area contributed by atoms with Gasteiger partial charge in [0.2, 0.25) is 0 Å². The Kier molecular flexibility index (Phi) is 5.80. The number of rotatable bonds is 3. The van der Waals surface area contributed by atoms with Crippen LogP contribution in [0.3, 0.4) is 0 Å². The Labute approximate surface area is 146 Å². The number of hydrogen-bond acceptors (Lipinski definition) is 5. The molecule has 1 atom stereocenters. The maximum absolute atomic E-state index is 13.0. The number of nitrogens with zero attached hydrogens (tertiary/aromatic N) is 4. The normalized spacial score (nSPS) is 28.7. The molecule has 2 N–H and O–H groups in total. The Morgan fingerprint density at radius 2 is 1.50 bits per heavy atom. The standard InChI is InChI=1S/C18H35N5O/c1-18(19,23-8-4-3-5-9-23)17(24)22-14-12-21(13-15-22)16-6-10-20(2)11-7-16/h16H,3-15,19H2,1-2H3/t18-/m0/s1. The predicted octanol–water partition coefficient (Wildman–Crippen LogP) is 0.386. The van der Waals surface area contributed by atoms with Crippen molar-refractivity contribution >= 4 is 5.91 Å². The summed E-state index contributed by atoms with van der Waals surface area (Å²) in [7, 11) is 2.20. The average Bonchev–Trinajstić information content (AvgIpc) is 2.62. The van der Waals surface area contributed by atoms with Gasteiger partial charge in [0.05, 0.1) is 0 Å². The zero-order chi connectivity index (χ0) is 17.2. The first kappa shape index (κ1) is 18.1. The quantitative estimate of drug-likeness (QED) is 0.807. The van der Waals surface area contributed by atoms with Gasteiger partial charge >= 0.3 is 0 Å². The molecule has 3 saturated heterocycles. The van der Waals surface area contributed by atoms with E-state index in [9.17, 15) is 4.79 Å². The maximum atomic E-state index is 13.0. The SMILES string of the molecule is CN1CCC(N2CCN(C(=O)[C@@](C)(N)N3CCCCC3)CC2)CC1. The van der Waals surface area contributed by atoms with Crippen LogP contribution >= 0.6 is 0 Å². The lowest BCUT2D eigenvalue weighted by atomic mass is 10.0. The summed E-state index contributed by atoms with van der Waals surface area (Å²) in [5.41, 5.74) is 5.64. The Morgan fingerprint density at radius 3 is 2.08 bits per heavy atom. The van der Waals surface area contributed by atoms with Crippen LogP contribution in [0, 0.1) is 0 Å². The molecule has 138 valence electrons. The zero-order valence-corrected chi connectivity index (χ0v) is 15.5. The van der Waals surface area contributed by atoms with Gasteiger partial charge in [0.15, 0.2) is 0 Å². The summed E-state index contributed by atoms with van der Waals surface area (Å²) in [6, 6.07) is 0.699. The fourth-order valence-corrected chi connectivity index (χ4v) is 4.46. The highest BCUT2D eigenvalue weighted by Crippen LogP contribution is 2.21. The van der Waals surface area contributed by atoms with Crippen molar-refractivity contribution < 1.29 is 4.79 Å². The minimum atomic E-state index is -0.837. The first-order valence-corrected chi connectivity index (χ1v) is 9.74. The number of carbonyl (C=O) groups excluding carboxylic acids is 1. The van der Waals surface area contributed by atoms with E-state index in [1.54, 1.807) is 0 Å². The van der Waals surface area contributed by atoms with Gasteiger partial charge in [-0.2, -0.15) is 0 Å². The largest absolute Gasteiger partial charge is 0.337 e. The van der Waals surface area contributed by atoms with E-state index in [4.69, 9.17) is 5.73 Å². The predicted molar refractivity (Wildman–Crippen MR) is 96.7 cm³/mol. The van der Waals surface area contributed by atoms with Gasteiger partial charge in [0, 0.05) is 45.3 Å². The first-order chi connectivity index (χ1) is 11.5. The summed E-state index contributed by atoms with van der Waals surface area (Å²) in [6.45, 7) is 9.84. The minimum Gasteiger partial charge on any atom is -0.337 e. The van der Waals surface area contributed by atoms with Crippen molar-refractivity contribution in [1.82, 2.24) is 19.6 Å². The van der Waals surface area contributed by atoms with Gasteiger partial charge in [-0.3, -0.25) is 14.6 Å². The molecule has 0 aromatic carbocycles. The molecule has 3 rings (SSSR count). The molecular formula is C18H35N5O. The van der Waals surface area contributed by atoms with Crippen LogP contribution in [0.2, 0.25) is 0 Å². The van der Waals surface area contributed by atoms with E-state index < -0.39 is 5.66 Å². The third-order valence-corrected chi connectivity index (χ3v) is 6.25. The van der Waals surface area contributed by atoms with Crippen molar-refractivity contribution in [3.05, 3.63) is 0 Å². The van der Waals surface area contributed by atoms with Crippen LogP contribution in [0.15, 0.2) is 0 Å². The van der Waals surface area contributed by atoms with Crippen molar-refractivity contribution in [2.45, 2.75) is 50.7 Å². The molecule has 0 radical (unpaired) electrons. The number of amides is 1. The van der Waals surface area contributed by atoms with Crippen LogP contribution in [0.5, 0.6) is 0 Å². The molecule has 0 spiro atoms. The molecule has 0 saturated carbocycles. The second-order valence-corrected chi connectivity index (χ2v) is 8.06. The Hall–Kier alpha value is -0.690. The number of nitrogens with two attached hydrogens (primary N) is 1. The average molecular weight is 338 g/mol. The van der Waals surface area contributed by atoms with Crippen LogP contribution < -0.4 is 5.73 Å². The van der Waals surface area contributed by atoms with Crippen molar-refractivity contribution in [3.63, 3.8) is 0 Å². The number of likely N-dealkylation sites (tertiary alicyclic amines) is 2. The van der Waals surface area contributed by atoms with Gasteiger partial charge in [-0.15, -0.1) is 0 Å². The number of hydrogen-bond donors (Lipinski definition) is 1. The van der Waals surface area contributed by atoms with Crippen molar-refractivity contribution in [1.29, 1.82) is 0 Å². The van der Waals surface area contributed by atoms with Crippen LogP contribution in [0.1, 0.15) is 39.0 Å².